The Labute approximate surface area is 220 Å². The summed E-state index contributed by atoms with van der Waals surface area (Å²) in [7, 11) is 0. The number of carboxylic acids is 1. The number of hydrogen-bond donors (Lipinski definition) is 5. The molecule has 3 atom stereocenters. The van der Waals surface area contributed by atoms with Crippen LogP contribution in [-0.4, -0.2) is 52.0 Å². The molecule has 2 aromatic carbocycles. The largest absolute Gasteiger partial charge is 0.480 e. The van der Waals surface area contributed by atoms with Crippen molar-refractivity contribution in [1.82, 2.24) is 15.6 Å². The number of carbonyl (C=O) groups is 4. The zero-order valence-electron chi connectivity index (χ0n) is 21.8. The van der Waals surface area contributed by atoms with Crippen molar-refractivity contribution in [3.05, 3.63) is 60.3 Å². The first kappa shape index (κ1) is 26.7. The van der Waals surface area contributed by atoms with E-state index >= 15 is 0 Å². The van der Waals surface area contributed by atoms with Crippen LogP contribution in [-0.2, 0) is 20.8 Å². The van der Waals surface area contributed by atoms with E-state index in [0.717, 1.165) is 16.5 Å². The van der Waals surface area contributed by atoms with Gasteiger partial charge in [-0.2, -0.15) is 0 Å². The van der Waals surface area contributed by atoms with Crippen LogP contribution in [0.5, 0.6) is 0 Å². The summed E-state index contributed by atoms with van der Waals surface area (Å²) in [5.41, 5.74) is 2.65. The molecule has 10 heteroatoms. The molecule has 38 heavy (non-hydrogen) atoms. The lowest BCUT2D eigenvalue weighted by Crippen LogP contribution is -2.61. The molecule has 0 aliphatic carbocycles. The van der Waals surface area contributed by atoms with Crippen LogP contribution in [0.15, 0.2) is 54.7 Å². The molecule has 5 N–H and O–H groups in total. The number of urea groups is 1. The maximum atomic E-state index is 13.6. The van der Waals surface area contributed by atoms with E-state index in [0.29, 0.717) is 11.4 Å². The molecule has 4 rings (SSSR count). The highest BCUT2D eigenvalue weighted by Crippen LogP contribution is 2.34. The van der Waals surface area contributed by atoms with Crippen molar-refractivity contribution in [3.8, 4) is 0 Å². The van der Waals surface area contributed by atoms with Crippen LogP contribution in [0, 0.1) is 11.8 Å². The zero-order chi connectivity index (χ0) is 27.6. The van der Waals surface area contributed by atoms with Crippen LogP contribution in [0.1, 0.15) is 33.3 Å². The number of para-hydroxylation sites is 3. The van der Waals surface area contributed by atoms with Crippen molar-refractivity contribution in [3.63, 3.8) is 0 Å². The number of amides is 4. The highest BCUT2D eigenvalue weighted by Gasteiger charge is 2.40. The van der Waals surface area contributed by atoms with Crippen LogP contribution in [0.3, 0.4) is 0 Å². The third kappa shape index (κ3) is 5.34. The van der Waals surface area contributed by atoms with E-state index in [1.54, 1.807) is 44.3 Å². The Morgan fingerprint density at radius 3 is 2.37 bits per heavy atom. The zero-order valence-corrected chi connectivity index (χ0v) is 21.8. The summed E-state index contributed by atoms with van der Waals surface area (Å²) < 4.78 is 0. The van der Waals surface area contributed by atoms with E-state index in [1.165, 1.54) is 4.90 Å². The molecule has 0 spiro atoms. The minimum Gasteiger partial charge on any atom is -0.480 e. The van der Waals surface area contributed by atoms with Gasteiger partial charge < -0.3 is 26.0 Å². The van der Waals surface area contributed by atoms with E-state index in [1.807, 2.05) is 38.1 Å². The number of aliphatic carboxylic acids is 1. The third-order valence-corrected chi connectivity index (χ3v) is 6.76. The molecule has 0 saturated heterocycles. The molecule has 0 fully saturated rings. The van der Waals surface area contributed by atoms with E-state index in [-0.39, 0.29) is 24.2 Å². The first-order valence-corrected chi connectivity index (χ1v) is 12.7. The van der Waals surface area contributed by atoms with Crippen LogP contribution in [0.2, 0.25) is 0 Å². The molecule has 0 unspecified atom stereocenters. The molecule has 0 radical (unpaired) electrons. The monoisotopic (exact) mass is 519 g/mol. The van der Waals surface area contributed by atoms with Crippen molar-refractivity contribution in [2.75, 3.05) is 10.2 Å². The Morgan fingerprint density at radius 2 is 1.68 bits per heavy atom. The van der Waals surface area contributed by atoms with Gasteiger partial charge in [0.1, 0.15) is 18.1 Å². The van der Waals surface area contributed by atoms with Crippen molar-refractivity contribution in [2.45, 2.75) is 52.2 Å². The number of carbonyl (C=O) groups excluding carboxylic acids is 3. The highest BCUT2D eigenvalue weighted by molar-refractivity contribution is 6.12. The lowest BCUT2D eigenvalue weighted by molar-refractivity contribution is -0.142. The maximum Gasteiger partial charge on any atom is 0.326 e. The molecule has 1 aromatic heterocycles. The Hall–Kier alpha value is -4.34. The quantitative estimate of drug-likeness (QED) is 0.309. The topological polar surface area (TPSA) is 144 Å². The van der Waals surface area contributed by atoms with Gasteiger partial charge in [0.25, 0.3) is 0 Å². The number of anilines is 2. The summed E-state index contributed by atoms with van der Waals surface area (Å²) in [5, 5.41) is 19.0. The third-order valence-electron chi connectivity index (χ3n) is 6.76. The van der Waals surface area contributed by atoms with Crippen LogP contribution >= 0.6 is 0 Å². The summed E-state index contributed by atoms with van der Waals surface area (Å²) >= 11 is 0. The van der Waals surface area contributed by atoms with E-state index < -0.39 is 36.0 Å². The number of aromatic nitrogens is 1. The summed E-state index contributed by atoms with van der Waals surface area (Å²) in [4.78, 5) is 56.4. The lowest BCUT2D eigenvalue weighted by atomic mass is 9.97. The molecular weight excluding hydrogens is 486 g/mol. The number of carboxylic acid groups (broad SMARTS) is 1. The number of fused-ring (bicyclic) bond motifs is 2. The van der Waals surface area contributed by atoms with Crippen molar-refractivity contribution in [2.24, 2.45) is 11.8 Å². The molecule has 4 amide bonds. The molecule has 0 saturated carbocycles. The van der Waals surface area contributed by atoms with Gasteiger partial charge in [-0.05, 0) is 35.6 Å². The van der Waals surface area contributed by atoms with Crippen LogP contribution < -0.4 is 20.9 Å². The Morgan fingerprint density at radius 1 is 1.00 bits per heavy atom. The highest BCUT2D eigenvalue weighted by atomic mass is 16.4. The first-order valence-electron chi connectivity index (χ1n) is 12.7. The smallest absolute Gasteiger partial charge is 0.326 e. The molecule has 3 aromatic rings. The van der Waals surface area contributed by atoms with Gasteiger partial charge in [0.2, 0.25) is 11.8 Å². The van der Waals surface area contributed by atoms with Crippen molar-refractivity contribution in [1.29, 1.82) is 0 Å². The van der Waals surface area contributed by atoms with Gasteiger partial charge >= 0.3 is 12.0 Å². The summed E-state index contributed by atoms with van der Waals surface area (Å²) in [6, 6.07) is 10.9. The second-order valence-corrected chi connectivity index (χ2v) is 10.2. The molecule has 0 bridgehead atoms. The molecule has 1 aliphatic rings. The predicted octanol–water partition coefficient (Wildman–Crippen LogP) is 3.50. The second-order valence-electron chi connectivity index (χ2n) is 10.2. The number of hydrogen-bond acceptors (Lipinski definition) is 4. The number of rotatable bonds is 8. The van der Waals surface area contributed by atoms with Crippen molar-refractivity contribution < 1.29 is 24.3 Å². The first-order chi connectivity index (χ1) is 18.1. The van der Waals surface area contributed by atoms with Crippen molar-refractivity contribution >= 4 is 46.1 Å². The molecule has 200 valence electrons. The minimum absolute atomic E-state index is 0.0684. The van der Waals surface area contributed by atoms with Gasteiger partial charge in [0, 0.05) is 23.5 Å². The standard InChI is InChI=1S/C28H33N5O5/c1-15(2)23(25(34)31-21(27(36)37)13-17-14-29-19-10-6-5-9-18(17)19)32-28(38)33-22-12-8-7-11-20(22)30-26(35)24(33)16(3)4/h5-12,14-16,21,23-24,29H,13H2,1-4H3,(H,30,35)(H,31,34)(H,32,38)(H,36,37)/t21-,23-,24-/m0/s1. The van der Waals surface area contributed by atoms with Crippen LogP contribution in [0.4, 0.5) is 16.2 Å². The SMILES string of the molecule is CC(C)[C@H](NC(=O)N1c2ccccc2NC(=O)[C@@H]1C(C)C)C(=O)N[C@@H](Cc1c[nH]c2ccccc12)C(=O)O. The number of benzene rings is 2. The average Bonchev–Trinajstić information content (AvgIpc) is 3.28. The maximum absolute atomic E-state index is 13.6. The molecular formula is C28H33N5O5. The van der Waals surface area contributed by atoms with Gasteiger partial charge in [-0.3, -0.25) is 14.5 Å². The van der Waals surface area contributed by atoms with Gasteiger partial charge in [-0.1, -0.05) is 58.0 Å². The fraction of sp³-hybridized carbons (Fsp3) is 0.357. The van der Waals surface area contributed by atoms with Gasteiger partial charge in [-0.25, -0.2) is 9.59 Å². The fourth-order valence-electron chi connectivity index (χ4n) is 4.82. The Kier molecular flexibility index (Phi) is 7.70. The van der Waals surface area contributed by atoms with E-state index in [2.05, 4.69) is 20.9 Å². The lowest BCUT2D eigenvalue weighted by Gasteiger charge is -2.39. The second kappa shape index (κ2) is 11.0. The minimum atomic E-state index is -1.20. The van der Waals surface area contributed by atoms with E-state index in [9.17, 15) is 24.3 Å². The van der Waals surface area contributed by atoms with E-state index in [4.69, 9.17) is 0 Å². The summed E-state index contributed by atoms with van der Waals surface area (Å²) in [6.07, 6.45) is 1.80. The van der Waals surface area contributed by atoms with Crippen LogP contribution in [0.25, 0.3) is 10.9 Å². The fourth-order valence-corrected chi connectivity index (χ4v) is 4.82. The number of H-pyrrole nitrogens is 1. The number of nitrogens with one attached hydrogen (secondary N) is 4. The van der Waals surface area contributed by atoms with Gasteiger partial charge in [-0.15, -0.1) is 0 Å². The summed E-state index contributed by atoms with van der Waals surface area (Å²) in [5.74, 6) is -2.67. The molecule has 10 nitrogen and oxygen atoms in total. The Bertz CT molecular complexity index is 1360. The molecule has 1 aliphatic heterocycles. The van der Waals surface area contributed by atoms with Gasteiger partial charge in [0.15, 0.2) is 0 Å². The Balaban J connectivity index is 1.55. The normalized spacial score (nSPS) is 16.6. The summed E-state index contributed by atoms with van der Waals surface area (Å²) in [6.45, 7) is 7.20. The van der Waals surface area contributed by atoms with Gasteiger partial charge in [0.05, 0.1) is 11.4 Å². The number of nitrogens with zero attached hydrogens (tertiary/aromatic N) is 1. The predicted molar refractivity (Wildman–Crippen MR) is 145 cm³/mol. The number of aromatic amines is 1. The average molecular weight is 520 g/mol. The molecule has 2 heterocycles.